The van der Waals surface area contributed by atoms with Crippen LogP contribution in [0.25, 0.3) is 154 Å². The van der Waals surface area contributed by atoms with E-state index in [4.69, 9.17) is 19.9 Å². The van der Waals surface area contributed by atoms with Crippen molar-refractivity contribution in [3.05, 3.63) is 248 Å². The molecule has 484 valence electrons. The number of aromatic nitrogens is 5. The molecule has 17 rings (SSSR count). The van der Waals surface area contributed by atoms with Gasteiger partial charge in [-0.05, 0) is 228 Å². The zero-order valence-electron chi connectivity index (χ0n) is 59.7. The minimum Gasteiger partial charge on any atom is -0.657 e. The van der Waals surface area contributed by atoms with Gasteiger partial charge in [-0.15, -0.1) is 22.1 Å². The largest absolute Gasteiger partial charge is 2.00 e. The fourth-order valence-corrected chi connectivity index (χ4v) is 16.6. The van der Waals surface area contributed by atoms with Gasteiger partial charge < -0.3 is 19.6 Å². The predicted octanol–water partition coefficient (Wildman–Crippen LogP) is 23.1. The van der Waals surface area contributed by atoms with Gasteiger partial charge in [-0.2, -0.15) is 0 Å². The van der Waals surface area contributed by atoms with Crippen molar-refractivity contribution in [1.82, 2.24) is 24.5 Å². The van der Waals surface area contributed by atoms with Crippen molar-refractivity contribution in [2.75, 3.05) is 0 Å². The van der Waals surface area contributed by atoms with Gasteiger partial charge >= 0.3 is 25.4 Å². The van der Waals surface area contributed by atoms with Gasteiger partial charge in [-0.25, -0.2) is 14.8 Å². The Labute approximate surface area is 596 Å². The van der Waals surface area contributed by atoms with E-state index in [9.17, 15) is 9.90 Å². The number of aryl methyl sites for hydroxylation is 6. The van der Waals surface area contributed by atoms with Crippen LogP contribution in [0.3, 0.4) is 0 Å². The molecule has 0 radical (unpaired) electrons. The van der Waals surface area contributed by atoms with Crippen LogP contribution in [0.2, 0.25) is 0 Å². The predicted molar refractivity (Wildman–Crippen MR) is 416 cm³/mol. The number of benzene rings is 11. The first-order valence-electron chi connectivity index (χ1n) is 34.6. The summed E-state index contributed by atoms with van der Waals surface area (Å²) in [4.78, 5) is 35.2. The van der Waals surface area contributed by atoms with Gasteiger partial charge in [0.1, 0.15) is 0 Å². The third-order valence-corrected chi connectivity index (χ3v) is 21.2. The van der Waals surface area contributed by atoms with Crippen LogP contribution in [0.4, 0.5) is 0 Å². The molecule has 1 aliphatic heterocycles. The number of fused-ring (bicyclic) bond motifs is 11. The molecule has 1 N–H and O–H groups in total. The molecule has 0 saturated carbocycles. The van der Waals surface area contributed by atoms with Gasteiger partial charge in [-0.3, -0.25) is 0 Å². The Morgan fingerprint density at radius 1 is 0.450 bits per heavy atom. The third kappa shape index (κ3) is 10.1. The van der Waals surface area contributed by atoms with E-state index in [0.717, 1.165) is 99.3 Å². The van der Waals surface area contributed by atoms with Crippen LogP contribution in [-0.4, -0.2) is 25.6 Å². The summed E-state index contributed by atoms with van der Waals surface area (Å²) in [6.45, 7) is 34.6. The van der Waals surface area contributed by atoms with Crippen LogP contribution in [-0.2, 0) is 42.3 Å². The summed E-state index contributed by atoms with van der Waals surface area (Å²) in [7, 11) is 0. The summed E-state index contributed by atoms with van der Waals surface area (Å²) < 4.78 is 2.66. The fraction of sp³-hybridized carbons (Fsp3) is 0.207. The van der Waals surface area contributed by atoms with Gasteiger partial charge in [0.05, 0.1) is 39.0 Å². The van der Waals surface area contributed by atoms with Gasteiger partial charge in [0, 0.05) is 44.6 Å². The molecule has 7 nitrogen and oxygen atoms in total. The molecule has 16 aromatic rings. The molecule has 0 amide bonds. The number of hydrogen-bond donors (Lipinski definition) is 1. The van der Waals surface area contributed by atoms with E-state index >= 15 is 0 Å². The second-order valence-corrected chi connectivity index (χ2v) is 31.3. The van der Waals surface area contributed by atoms with E-state index in [1.165, 1.54) is 98.6 Å². The van der Waals surface area contributed by atoms with Crippen LogP contribution in [0.15, 0.2) is 164 Å². The van der Waals surface area contributed by atoms with E-state index in [-0.39, 0.29) is 41.3 Å². The van der Waals surface area contributed by atoms with Crippen molar-refractivity contribution in [2.24, 2.45) is 0 Å². The number of rotatable bonds is 6. The number of carboxylic acid groups (broad SMARTS) is 1. The first kappa shape index (κ1) is 64.2. The second kappa shape index (κ2) is 22.8. The van der Waals surface area contributed by atoms with Crippen molar-refractivity contribution in [3.63, 3.8) is 0 Å². The molecule has 0 saturated heterocycles. The molecule has 6 heterocycles. The molecular weight excluding hydrogens is 1270 g/mol. The summed E-state index contributed by atoms with van der Waals surface area (Å²) >= 11 is 0. The molecule has 0 spiro atoms. The quantitative estimate of drug-likeness (QED) is 0.0771. The van der Waals surface area contributed by atoms with E-state index in [0.29, 0.717) is 28.9 Å². The van der Waals surface area contributed by atoms with Crippen LogP contribution in [0.1, 0.15) is 151 Å². The number of nitrogens with zero attached hydrogens (tertiary/aromatic N) is 5. The zero-order valence-corrected chi connectivity index (χ0v) is 62.7. The maximum atomic E-state index is 12.0. The fourth-order valence-electron chi connectivity index (χ4n) is 16.6. The van der Waals surface area contributed by atoms with Crippen molar-refractivity contribution in [1.29, 1.82) is 0 Å². The Kier molecular flexibility index (Phi) is 14.6. The van der Waals surface area contributed by atoms with Crippen molar-refractivity contribution in [3.8, 4) is 45.2 Å². The van der Waals surface area contributed by atoms with Crippen LogP contribution < -0.4 is 9.97 Å². The summed E-state index contributed by atoms with van der Waals surface area (Å²) in [6.07, 6.45) is 4.16. The van der Waals surface area contributed by atoms with E-state index in [1.807, 2.05) is 0 Å². The summed E-state index contributed by atoms with van der Waals surface area (Å²) in [5, 5.41) is 24.1. The minimum absolute atomic E-state index is 0. The standard InChI is InChI=1S/C92H78N5O2.Zn/c1-48-37-50(3)78(51(4)38-48)84-72-33-31-69(93-72)65(28-21-54-19-22-57(23-20-54)89(98)99)70-32-34-74(94-70)85(79-52(5)39-49(2)40-53(79)6)75-44-67-64-30-29-63-61-17-16-18-62-66(56-24-26-58(27-25-56)90(7,8)9)45-76-86(80(61)62)87-77(97(76)47-55-41-59(91(10,11)12)43-60(42-55)92(13,14)15)46-68(81(64)83(63)87)82(88(67)96-75)71-35-36-73(84)95-71;/h16-20,22-27,29-46H,47H2,1-15H3,(H2-,93,94,95,96,98,99);/q-1;+2/p-1. The molecule has 0 atom stereocenters. The van der Waals surface area contributed by atoms with Crippen LogP contribution in [0.5, 0.6) is 0 Å². The summed E-state index contributed by atoms with van der Waals surface area (Å²) in [6, 6.07) is 60.2. The Hall–Kier alpha value is -10.4. The van der Waals surface area contributed by atoms with E-state index in [2.05, 4.69) is 272 Å². The third-order valence-electron chi connectivity index (χ3n) is 21.2. The van der Waals surface area contributed by atoms with E-state index < -0.39 is 5.97 Å². The molecule has 100 heavy (non-hydrogen) atoms. The molecule has 8 heteroatoms. The van der Waals surface area contributed by atoms with Gasteiger partial charge in [0.2, 0.25) is 0 Å². The average molecular weight is 1350 g/mol. The van der Waals surface area contributed by atoms with Crippen LogP contribution in [0, 0.1) is 53.4 Å². The maximum absolute atomic E-state index is 12.0. The topological polar surface area (TPSA) is 96.2 Å². The molecule has 0 unspecified atom stereocenters. The Morgan fingerprint density at radius 3 is 1.61 bits per heavy atom. The van der Waals surface area contributed by atoms with Gasteiger partial charge in [-0.1, -0.05) is 207 Å². The summed E-state index contributed by atoms with van der Waals surface area (Å²) in [5.74, 6) is 5.93. The maximum Gasteiger partial charge on any atom is 2.00 e. The molecule has 0 fully saturated rings. The van der Waals surface area contributed by atoms with Gasteiger partial charge in [0.15, 0.2) is 0 Å². The first-order chi connectivity index (χ1) is 47.2. The average Bonchev–Trinajstić information content (AvgIpc) is 1.45. The number of hydrogen-bond acceptors (Lipinski definition) is 3. The van der Waals surface area contributed by atoms with Crippen molar-refractivity contribution < 1.29 is 29.4 Å². The molecule has 1 aliphatic rings. The minimum atomic E-state index is -0.990. The Bertz CT molecular complexity index is 6320. The molecule has 0 aliphatic carbocycles. The van der Waals surface area contributed by atoms with Crippen LogP contribution >= 0.6 is 0 Å². The molecule has 8 bridgehead atoms. The Balaban J connectivity index is 0.00000778. The molecule has 5 aromatic heterocycles. The Morgan fingerprint density at radius 2 is 0.980 bits per heavy atom. The normalized spacial score (nSPS) is 12.7. The monoisotopic (exact) mass is 1350 g/mol. The SMILES string of the molecule is Cc1cc(C)c(-c2c3nc(c(C#Cc4ccc(C(=O)O)cc4)c4ccc([n-]4)c(-c4c(C)cc(C)cc4C)c4cc5c6ccc7c8cccc9c(-c%10ccc(C(C)(C)C)cc%10)cc%10c(c98)c8c7c6c(cc8n%10Cc6cc(C(C)(C)C)cc(C(C)(C)C)c6)c(c6ccc2[n-]6)c5n4)C=C3)c(C)c1.[Zn+2]. The smallest absolute Gasteiger partial charge is 0.657 e. The molecule has 11 aromatic carbocycles. The zero-order chi connectivity index (χ0) is 68.8. The second-order valence-electron chi connectivity index (χ2n) is 31.3. The van der Waals surface area contributed by atoms with E-state index in [1.54, 1.807) is 24.3 Å². The number of carboxylic acids is 1. The number of aromatic carboxylic acids is 1. The summed E-state index contributed by atoms with van der Waals surface area (Å²) in [5.41, 5.74) is 28.4. The van der Waals surface area contributed by atoms with Crippen molar-refractivity contribution in [2.45, 2.75) is 127 Å². The van der Waals surface area contributed by atoms with Gasteiger partial charge in [0.25, 0.3) is 0 Å². The van der Waals surface area contributed by atoms with Crippen molar-refractivity contribution >= 4 is 127 Å². The number of carbonyl (C=O) groups is 1. The molecular formula is C92H77N5O2Zn. The first-order valence-corrected chi connectivity index (χ1v) is 34.6.